The number of carboxylic acids is 1. The zero-order chi connectivity index (χ0) is 23.8. The van der Waals surface area contributed by atoms with Gasteiger partial charge in [-0.25, -0.2) is 4.79 Å². The van der Waals surface area contributed by atoms with Gasteiger partial charge in [0.15, 0.2) is 0 Å². The molecule has 2 N–H and O–H groups in total. The van der Waals surface area contributed by atoms with E-state index in [1.807, 2.05) is 48.7 Å². The van der Waals surface area contributed by atoms with E-state index < -0.39 is 17.9 Å². The molecule has 2 aromatic carbocycles. The van der Waals surface area contributed by atoms with Crippen molar-refractivity contribution in [1.29, 1.82) is 0 Å². The van der Waals surface area contributed by atoms with Gasteiger partial charge in [0.1, 0.15) is 11.8 Å². The minimum absolute atomic E-state index is 0.346. The molecule has 1 atom stereocenters. The topological polar surface area (TPSA) is 75.6 Å². The summed E-state index contributed by atoms with van der Waals surface area (Å²) in [4.78, 5) is 24.4. The molecule has 32 heavy (non-hydrogen) atoms. The van der Waals surface area contributed by atoms with Crippen LogP contribution in [-0.2, 0) is 4.79 Å². The van der Waals surface area contributed by atoms with Crippen molar-refractivity contribution in [2.75, 3.05) is 24.4 Å². The number of benzene rings is 2. The van der Waals surface area contributed by atoms with Crippen LogP contribution in [0.4, 0.5) is 0 Å². The highest BCUT2D eigenvalue weighted by atomic mass is 32.2. The van der Waals surface area contributed by atoms with E-state index in [1.165, 1.54) is 6.42 Å². The van der Waals surface area contributed by atoms with Crippen LogP contribution in [0.2, 0.25) is 0 Å². The van der Waals surface area contributed by atoms with E-state index in [1.54, 1.807) is 17.8 Å². The summed E-state index contributed by atoms with van der Waals surface area (Å²) < 4.78 is 5.89. The highest BCUT2D eigenvalue weighted by Gasteiger charge is 2.22. The summed E-state index contributed by atoms with van der Waals surface area (Å²) in [5.41, 5.74) is 0.346. The van der Waals surface area contributed by atoms with Crippen LogP contribution in [0, 0.1) is 0 Å². The third-order valence-corrected chi connectivity index (χ3v) is 5.21. The van der Waals surface area contributed by atoms with Gasteiger partial charge in [0.2, 0.25) is 0 Å². The van der Waals surface area contributed by atoms with Crippen molar-refractivity contribution in [2.45, 2.75) is 45.6 Å². The highest BCUT2D eigenvalue weighted by molar-refractivity contribution is 7.98. The molecule has 2 aromatic rings. The van der Waals surface area contributed by atoms with Gasteiger partial charge in [-0.05, 0) is 59.9 Å². The molecule has 176 valence electrons. The second kappa shape index (κ2) is 16.5. The number of thiol groups is 1. The lowest BCUT2D eigenvalue weighted by Gasteiger charge is -2.17. The average molecular weight is 478 g/mol. The normalized spacial score (nSPS) is 11.6. The van der Waals surface area contributed by atoms with Gasteiger partial charge >= 0.3 is 5.97 Å². The van der Waals surface area contributed by atoms with Crippen LogP contribution in [0.25, 0.3) is 10.8 Å². The van der Waals surface area contributed by atoms with Gasteiger partial charge in [0, 0.05) is 0 Å². The monoisotopic (exact) mass is 477 g/mol. The maximum atomic E-state index is 12.9. The van der Waals surface area contributed by atoms with Crippen molar-refractivity contribution in [3.05, 3.63) is 54.1 Å². The van der Waals surface area contributed by atoms with E-state index in [0.717, 1.165) is 22.9 Å². The molecule has 0 saturated heterocycles. The molecule has 0 aromatic heterocycles. The fourth-order valence-electron chi connectivity index (χ4n) is 2.79. The first-order valence-corrected chi connectivity index (χ1v) is 12.9. The van der Waals surface area contributed by atoms with E-state index in [2.05, 4.69) is 31.8 Å². The molecular formula is C25H35NO4S2. The number of carbonyl (C=O) groups excluding carboxylic acids is 1. The molecule has 0 saturated carbocycles. The molecule has 0 aliphatic heterocycles. The number of amides is 1. The van der Waals surface area contributed by atoms with Crippen LogP contribution in [0.1, 0.15) is 49.9 Å². The molecule has 0 fully saturated rings. The standard InChI is InChI=1S/C22H27NO4S2.C3H8/c1-29-13-10-19(22(25)26)23-21(24)18-14-16-8-4-5-9-17(16)15-20(18)27-11-6-2-3-7-12-28;1-3-2/h2-5,8-9,14-15,19,28H,6-7,10-13H2,1H3,(H,23,24)(H,25,26);3H2,1-2H3/b3-2+;. The molecule has 7 heteroatoms. The largest absolute Gasteiger partial charge is 0.492 e. The van der Waals surface area contributed by atoms with Gasteiger partial charge < -0.3 is 15.2 Å². The Bertz CT molecular complexity index is 870. The Labute approximate surface area is 201 Å². The van der Waals surface area contributed by atoms with Crippen LogP contribution in [0.5, 0.6) is 5.75 Å². The Balaban J connectivity index is 0.00000161. The van der Waals surface area contributed by atoms with Crippen molar-refractivity contribution in [3.8, 4) is 5.75 Å². The van der Waals surface area contributed by atoms with E-state index in [-0.39, 0.29) is 0 Å². The maximum absolute atomic E-state index is 12.9. The fraction of sp³-hybridized carbons (Fsp3) is 0.440. The van der Waals surface area contributed by atoms with E-state index in [9.17, 15) is 14.7 Å². The number of carboxylic acid groups (broad SMARTS) is 1. The minimum Gasteiger partial charge on any atom is -0.492 e. The third kappa shape index (κ3) is 10.0. The molecular weight excluding hydrogens is 442 g/mol. The minimum atomic E-state index is -1.04. The first-order chi connectivity index (χ1) is 15.5. The first-order valence-electron chi connectivity index (χ1n) is 10.9. The van der Waals surface area contributed by atoms with Crippen LogP contribution < -0.4 is 10.1 Å². The zero-order valence-electron chi connectivity index (χ0n) is 19.2. The molecule has 0 bridgehead atoms. The van der Waals surface area contributed by atoms with Crippen molar-refractivity contribution >= 4 is 47.0 Å². The van der Waals surface area contributed by atoms with Crippen LogP contribution in [-0.4, -0.2) is 47.4 Å². The molecule has 0 spiro atoms. The van der Waals surface area contributed by atoms with E-state index in [4.69, 9.17) is 4.74 Å². The molecule has 1 unspecified atom stereocenters. The molecule has 0 radical (unpaired) electrons. The molecule has 2 rings (SSSR count). The quantitative estimate of drug-likeness (QED) is 0.203. The lowest BCUT2D eigenvalue weighted by Crippen LogP contribution is -2.41. The SMILES string of the molecule is CCC.CSCCC(NC(=O)c1cc2ccccc2cc1OCC/C=C/CCS)C(=O)O. The van der Waals surface area contributed by atoms with Crippen molar-refractivity contribution in [1.82, 2.24) is 5.32 Å². The van der Waals surface area contributed by atoms with Gasteiger partial charge in [-0.1, -0.05) is 56.7 Å². The number of nitrogens with one attached hydrogen (secondary N) is 1. The summed E-state index contributed by atoms with van der Waals surface area (Å²) >= 11 is 5.71. The van der Waals surface area contributed by atoms with E-state index >= 15 is 0 Å². The Hall–Kier alpha value is -2.12. The average Bonchev–Trinajstić information content (AvgIpc) is 2.78. The van der Waals surface area contributed by atoms with Gasteiger partial charge in [0.25, 0.3) is 5.91 Å². The number of fused-ring (bicyclic) bond motifs is 1. The second-order valence-corrected chi connectivity index (χ2v) is 8.60. The van der Waals surface area contributed by atoms with Crippen molar-refractivity contribution in [3.63, 3.8) is 0 Å². The summed E-state index contributed by atoms with van der Waals surface area (Å²) in [6.45, 7) is 4.68. The Kier molecular flexibility index (Phi) is 14.4. The number of ether oxygens (including phenoxy) is 1. The second-order valence-electron chi connectivity index (χ2n) is 7.17. The van der Waals surface area contributed by atoms with Gasteiger partial charge in [-0.15, -0.1) is 0 Å². The highest BCUT2D eigenvalue weighted by Crippen LogP contribution is 2.26. The Morgan fingerprint density at radius 2 is 1.78 bits per heavy atom. The lowest BCUT2D eigenvalue weighted by molar-refractivity contribution is -0.139. The summed E-state index contributed by atoms with van der Waals surface area (Å²) in [5.74, 6) is 0.428. The van der Waals surface area contributed by atoms with E-state index in [0.29, 0.717) is 36.5 Å². The molecule has 5 nitrogen and oxygen atoms in total. The van der Waals surface area contributed by atoms with Gasteiger partial charge in [-0.2, -0.15) is 24.4 Å². The molecule has 1 amide bonds. The number of thioether (sulfide) groups is 1. The van der Waals surface area contributed by atoms with Crippen LogP contribution in [0.3, 0.4) is 0 Å². The Morgan fingerprint density at radius 3 is 2.38 bits per heavy atom. The number of carbonyl (C=O) groups is 2. The predicted octanol–water partition coefficient (Wildman–Crippen LogP) is 5.84. The zero-order valence-corrected chi connectivity index (χ0v) is 20.9. The lowest BCUT2D eigenvalue weighted by atomic mass is 10.0. The summed E-state index contributed by atoms with van der Waals surface area (Å²) in [6, 6.07) is 10.3. The number of aliphatic carboxylic acids is 1. The molecule has 0 aliphatic carbocycles. The van der Waals surface area contributed by atoms with Crippen LogP contribution >= 0.6 is 24.4 Å². The van der Waals surface area contributed by atoms with Crippen molar-refractivity contribution in [2.24, 2.45) is 0 Å². The predicted molar refractivity (Wildman–Crippen MR) is 140 cm³/mol. The van der Waals surface area contributed by atoms with Gasteiger partial charge in [0.05, 0.1) is 12.2 Å². The first kappa shape index (κ1) is 27.9. The summed E-state index contributed by atoms with van der Waals surface area (Å²) in [5, 5.41) is 13.9. The van der Waals surface area contributed by atoms with Crippen LogP contribution in [0.15, 0.2) is 48.6 Å². The van der Waals surface area contributed by atoms with Crippen molar-refractivity contribution < 1.29 is 19.4 Å². The number of hydrogen-bond donors (Lipinski definition) is 3. The molecule has 0 aliphatic rings. The third-order valence-electron chi connectivity index (χ3n) is 4.31. The Morgan fingerprint density at radius 1 is 1.16 bits per heavy atom. The summed E-state index contributed by atoms with van der Waals surface area (Å²) in [6.07, 6.45) is 9.21. The molecule has 0 heterocycles. The smallest absolute Gasteiger partial charge is 0.326 e. The van der Waals surface area contributed by atoms with Gasteiger partial charge in [-0.3, -0.25) is 4.79 Å². The number of rotatable bonds is 12. The summed E-state index contributed by atoms with van der Waals surface area (Å²) in [7, 11) is 0. The number of hydrogen-bond acceptors (Lipinski definition) is 5. The maximum Gasteiger partial charge on any atom is 0.326 e. The fourth-order valence-corrected chi connectivity index (χ4v) is 3.41. The number of allylic oxidation sites excluding steroid dienone is 1.